The van der Waals surface area contributed by atoms with E-state index in [1.165, 1.54) is 12.1 Å². The summed E-state index contributed by atoms with van der Waals surface area (Å²) in [6.07, 6.45) is 3.09. The highest BCUT2D eigenvalue weighted by molar-refractivity contribution is 7.91. The average molecular weight is 270 g/mol. The summed E-state index contributed by atoms with van der Waals surface area (Å²) >= 11 is 1.01. The molecule has 2 unspecified atom stereocenters. The van der Waals surface area contributed by atoms with Gasteiger partial charge >= 0.3 is 0 Å². The summed E-state index contributed by atoms with van der Waals surface area (Å²) in [5.41, 5.74) is 0. The molecule has 1 aliphatic carbocycles. The Kier molecular flexibility index (Phi) is 3.52. The summed E-state index contributed by atoms with van der Waals surface area (Å²) in [4.78, 5) is 0.422. The Hall–Kier alpha value is -0.900. The van der Waals surface area contributed by atoms with E-state index in [0.29, 0.717) is 10.8 Å². The standard InChI is InChI=1S/C11H14N2O2S2/c1-2-3-8-6-10(8)13-17(14,15)11-5-4-9(7-12)16-11/h4-5,8,10,13H,2-3,6H2,1H3. The zero-order valence-electron chi connectivity index (χ0n) is 9.51. The minimum atomic E-state index is -3.42. The van der Waals surface area contributed by atoms with Crippen LogP contribution in [0.4, 0.5) is 0 Å². The highest BCUT2D eigenvalue weighted by Crippen LogP contribution is 2.36. The molecule has 6 heteroatoms. The van der Waals surface area contributed by atoms with Crippen LogP contribution < -0.4 is 4.72 Å². The van der Waals surface area contributed by atoms with Crippen molar-refractivity contribution in [1.29, 1.82) is 5.26 Å². The van der Waals surface area contributed by atoms with Crippen molar-refractivity contribution in [2.45, 2.75) is 36.4 Å². The van der Waals surface area contributed by atoms with Crippen LogP contribution >= 0.6 is 11.3 Å². The fourth-order valence-electron chi connectivity index (χ4n) is 1.86. The van der Waals surface area contributed by atoms with Gasteiger partial charge in [-0.2, -0.15) is 5.26 Å². The summed E-state index contributed by atoms with van der Waals surface area (Å²) in [6, 6.07) is 5.06. The summed E-state index contributed by atoms with van der Waals surface area (Å²) < 4.78 is 26.8. The third-order valence-corrected chi connectivity index (χ3v) is 5.82. The molecule has 0 aromatic carbocycles. The lowest BCUT2D eigenvalue weighted by Gasteiger charge is -2.03. The van der Waals surface area contributed by atoms with E-state index in [1.54, 1.807) is 0 Å². The van der Waals surface area contributed by atoms with Crippen LogP contribution in [0.25, 0.3) is 0 Å². The quantitative estimate of drug-likeness (QED) is 0.890. The lowest BCUT2D eigenvalue weighted by molar-refractivity contribution is 0.575. The van der Waals surface area contributed by atoms with Gasteiger partial charge in [0.25, 0.3) is 0 Å². The Labute approximate surface area is 105 Å². The second-order valence-corrected chi connectivity index (χ2v) is 7.27. The van der Waals surface area contributed by atoms with Gasteiger partial charge in [-0.1, -0.05) is 13.3 Å². The lowest BCUT2D eigenvalue weighted by atomic mass is 10.2. The first kappa shape index (κ1) is 12.6. The zero-order chi connectivity index (χ0) is 12.5. The molecule has 2 rings (SSSR count). The third-order valence-electron chi connectivity index (χ3n) is 2.84. The van der Waals surface area contributed by atoms with Gasteiger partial charge in [0.15, 0.2) is 0 Å². The van der Waals surface area contributed by atoms with Crippen LogP contribution in [0.1, 0.15) is 31.1 Å². The molecular weight excluding hydrogens is 256 g/mol. The molecule has 1 aromatic rings. The number of hydrogen-bond donors (Lipinski definition) is 1. The molecule has 1 saturated carbocycles. The maximum atomic E-state index is 12.0. The molecule has 0 bridgehead atoms. The predicted octanol–water partition coefficient (Wildman–Crippen LogP) is 2.09. The van der Waals surface area contributed by atoms with E-state index < -0.39 is 10.0 Å². The van der Waals surface area contributed by atoms with E-state index in [4.69, 9.17) is 5.26 Å². The van der Waals surface area contributed by atoms with E-state index in [2.05, 4.69) is 11.6 Å². The summed E-state index contributed by atoms with van der Waals surface area (Å²) in [5.74, 6) is 0.491. The first-order valence-corrected chi connectivity index (χ1v) is 7.89. The molecule has 17 heavy (non-hydrogen) atoms. The highest BCUT2D eigenvalue weighted by Gasteiger charge is 2.39. The number of sulfonamides is 1. The van der Waals surface area contributed by atoms with Crippen LogP contribution in [-0.4, -0.2) is 14.5 Å². The zero-order valence-corrected chi connectivity index (χ0v) is 11.1. The molecule has 2 atom stereocenters. The number of hydrogen-bond acceptors (Lipinski definition) is 4. The van der Waals surface area contributed by atoms with Gasteiger partial charge in [0, 0.05) is 6.04 Å². The van der Waals surface area contributed by atoms with E-state index in [0.717, 1.165) is 30.6 Å². The van der Waals surface area contributed by atoms with Crippen LogP contribution in [0.3, 0.4) is 0 Å². The molecule has 0 saturated heterocycles. The van der Waals surface area contributed by atoms with Crippen LogP contribution in [0.15, 0.2) is 16.3 Å². The molecule has 0 aliphatic heterocycles. The molecule has 0 spiro atoms. The largest absolute Gasteiger partial charge is 0.250 e. The molecule has 1 N–H and O–H groups in total. The minimum Gasteiger partial charge on any atom is -0.207 e. The summed E-state index contributed by atoms with van der Waals surface area (Å²) in [7, 11) is -3.42. The Morgan fingerprint density at radius 3 is 2.94 bits per heavy atom. The van der Waals surface area contributed by atoms with Crippen LogP contribution in [0, 0.1) is 17.2 Å². The van der Waals surface area contributed by atoms with E-state index in [-0.39, 0.29) is 10.3 Å². The number of nitrogens with one attached hydrogen (secondary N) is 1. The number of rotatable bonds is 5. The molecule has 0 radical (unpaired) electrons. The number of nitriles is 1. The molecule has 1 fully saturated rings. The molecule has 1 heterocycles. The Morgan fingerprint density at radius 2 is 2.35 bits per heavy atom. The predicted molar refractivity (Wildman–Crippen MR) is 66.2 cm³/mol. The topological polar surface area (TPSA) is 70.0 Å². The van der Waals surface area contributed by atoms with Crippen LogP contribution in [0.2, 0.25) is 0 Å². The molecule has 1 aliphatic rings. The monoisotopic (exact) mass is 270 g/mol. The van der Waals surface area contributed by atoms with Crippen LogP contribution in [0.5, 0.6) is 0 Å². The fourth-order valence-corrected chi connectivity index (χ4v) is 4.30. The summed E-state index contributed by atoms with van der Waals surface area (Å²) in [5, 5.41) is 8.67. The van der Waals surface area contributed by atoms with Crippen molar-refractivity contribution < 1.29 is 8.42 Å². The minimum absolute atomic E-state index is 0.0904. The van der Waals surface area contributed by atoms with Gasteiger partial charge < -0.3 is 0 Å². The second-order valence-electron chi connectivity index (χ2n) is 4.24. The maximum absolute atomic E-state index is 12.0. The van der Waals surface area contributed by atoms with Crippen molar-refractivity contribution in [2.75, 3.05) is 0 Å². The molecule has 4 nitrogen and oxygen atoms in total. The molecule has 92 valence electrons. The fraction of sp³-hybridized carbons (Fsp3) is 0.545. The first-order valence-electron chi connectivity index (χ1n) is 5.59. The van der Waals surface area contributed by atoms with Gasteiger partial charge in [0.05, 0.1) is 0 Å². The Bertz CT molecular complexity index is 542. The Morgan fingerprint density at radius 1 is 1.59 bits per heavy atom. The molecular formula is C11H14N2O2S2. The van der Waals surface area contributed by atoms with Gasteiger partial charge in [-0.15, -0.1) is 11.3 Å². The van der Waals surface area contributed by atoms with Crippen molar-refractivity contribution >= 4 is 21.4 Å². The lowest BCUT2D eigenvalue weighted by Crippen LogP contribution is -2.26. The SMILES string of the molecule is CCCC1CC1NS(=O)(=O)c1ccc(C#N)s1. The van der Waals surface area contributed by atoms with Crippen molar-refractivity contribution in [1.82, 2.24) is 4.72 Å². The van der Waals surface area contributed by atoms with E-state index in [9.17, 15) is 8.42 Å². The second kappa shape index (κ2) is 4.77. The van der Waals surface area contributed by atoms with Gasteiger partial charge in [0.1, 0.15) is 15.2 Å². The average Bonchev–Trinajstić information content (AvgIpc) is 2.84. The van der Waals surface area contributed by atoms with Gasteiger partial charge in [-0.05, 0) is 30.9 Å². The summed E-state index contributed by atoms with van der Waals surface area (Å²) in [6.45, 7) is 2.10. The van der Waals surface area contributed by atoms with Crippen molar-refractivity contribution in [3.63, 3.8) is 0 Å². The van der Waals surface area contributed by atoms with Gasteiger partial charge in [0.2, 0.25) is 10.0 Å². The number of nitrogens with zero attached hydrogens (tertiary/aromatic N) is 1. The third kappa shape index (κ3) is 2.86. The van der Waals surface area contributed by atoms with E-state index in [1.807, 2.05) is 6.07 Å². The van der Waals surface area contributed by atoms with Crippen LogP contribution in [-0.2, 0) is 10.0 Å². The van der Waals surface area contributed by atoms with Crippen molar-refractivity contribution in [3.8, 4) is 6.07 Å². The first-order chi connectivity index (χ1) is 8.06. The normalized spacial score (nSPS) is 23.3. The van der Waals surface area contributed by atoms with Gasteiger partial charge in [-0.25, -0.2) is 13.1 Å². The van der Waals surface area contributed by atoms with Crippen molar-refractivity contribution in [2.24, 2.45) is 5.92 Å². The van der Waals surface area contributed by atoms with Gasteiger partial charge in [-0.3, -0.25) is 0 Å². The Balaban J connectivity index is 2.03. The molecule has 1 aromatic heterocycles. The maximum Gasteiger partial charge on any atom is 0.250 e. The number of thiophene rings is 1. The smallest absolute Gasteiger partial charge is 0.207 e. The van der Waals surface area contributed by atoms with E-state index >= 15 is 0 Å². The molecule has 0 amide bonds. The van der Waals surface area contributed by atoms with Crippen molar-refractivity contribution in [3.05, 3.63) is 17.0 Å². The highest BCUT2D eigenvalue weighted by atomic mass is 32.2.